The van der Waals surface area contributed by atoms with E-state index in [1.807, 2.05) is 12.3 Å². The molecule has 0 saturated heterocycles. The van der Waals surface area contributed by atoms with Crippen molar-refractivity contribution < 1.29 is 0 Å². The van der Waals surface area contributed by atoms with E-state index in [2.05, 4.69) is 17.1 Å². The van der Waals surface area contributed by atoms with Gasteiger partial charge in [0.25, 0.3) is 0 Å². The minimum atomic E-state index is 0.329. The molecule has 0 aromatic carbocycles. The smallest absolute Gasteiger partial charge is 0.0465 e. The molecule has 0 bridgehead atoms. The van der Waals surface area contributed by atoms with E-state index in [4.69, 9.17) is 5.73 Å². The SMILES string of the molecule is NCCC1(c2ccccn2)CCC1. The van der Waals surface area contributed by atoms with Gasteiger partial charge in [-0.2, -0.15) is 0 Å². The van der Waals surface area contributed by atoms with Crippen LogP contribution < -0.4 is 5.73 Å². The van der Waals surface area contributed by atoms with E-state index in [-0.39, 0.29) is 0 Å². The first-order valence-corrected chi connectivity index (χ1v) is 4.99. The van der Waals surface area contributed by atoms with Gasteiger partial charge in [0, 0.05) is 17.3 Å². The van der Waals surface area contributed by atoms with E-state index in [0.717, 1.165) is 13.0 Å². The van der Waals surface area contributed by atoms with Crippen molar-refractivity contribution in [2.75, 3.05) is 6.54 Å². The van der Waals surface area contributed by atoms with Crippen LogP contribution in [0.3, 0.4) is 0 Å². The maximum Gasteiger partial charge on any atom is 0.0465 e. The molecule has 0 atom stereocenters. The van der Waals surface area contributed by atoms with E-state index in [0.29, 0.717) is 5.41 Å². The summed E-state index contributed by atoms with van der Waals surface area (Å²) in [7, 11) is 0. The van der Waals surface area contributed by atoms with E-state index < -0.39 is 0 Å². The fraction of sp³-hybridized carbons (Fsp3) is 0.545. The summed E-state index contributed by atoms with van der Waals surface area (Å²) in [6.45, 7) is 0.774. The van der Waals surface area contributed by atoms with Crippen molar-refractivity contribution in [3.8, 4) is 0 Å². The summed E-state index contributed by atoms with van der Waals surface area (Å²) >= 11 is 0. The zero-order valence-corrected chi connectivity index (χ0v) is 7.87. The van der Waals surface area contributed by atoms with Gasteiger partial charge in [-0.1, -0.05) is 12.5 Å². The standard InChI is InChI=1S/C11H16N2/c12-8-7-11(5-3-6-11)10-4-1-2-9-13-10/h1-2,4,9H,3,5-8,12H2. The highest BCUT2D eigenvalue weighted by Crippen LogP contribution is 2.45. The molecule has 13 heavy (non-hydrogen) atoms. The Labute approximate surface area is 79.2 Å². The number of nitrogens with two attached hydrogens (primary N) is 1. The molecule has 0 aliphatic heterocycles. The van der Waals surface area contributed by atoms with Gasteiger partial charge in [0.1, 0.15) is 0 Å². The van der Waals surface area contributed by atoms with Crippen molar-refractivity contribution in [3.63, 3.8) is 0 Å². The van der Waals surface area contributed by atoms with Gasteiger partial charge in [-0.15, -0.1) is 0 Å². The van der Waals surface area contributed by atoms with Crippen molar-refractivity contribution in [2.45, 2.75) is 31.1 Å². The Morgan fingerprint density at radius 1 is 1.38 bits per heavy atom. The fourth-order valence-corrected chi connectivity index (χ4v) is 2.19. The van der Waals surface area contributed by atoms with Gasteiger partial charge in [0.05, 0.1) is 0 Å². The van der Waals surface area contributed by atoms with Crippen molar-refractivity contribution in [1.82, 2.24) is 4.98 Å². The van der Waals surface area contributed by atoms with Gasteiger partial charge in [-0.25, -0.2) is 0 Å². The van der Waals surface area contributed by atoms with E-state index in [9.17, 15) is 0 Å². The second-order valence-corrected chi connectivity index (χ2v) is 3.89. The number of hydrogen-bond acceptors (Lipinski definition) is 2. The maximum absolute atomic E-state index is 5.63. The highest BCUT2D eigenvalue weighted by Gasteiger charge is 2.38. The van der Waals surface area contributed by atoms with Crippen molar-refractivity contribution in [3.05, 3.63) is 30.1 Å². The molecule has 1 saturated carbocycles. The Morgan fingerprint density at radius 3 is 2.69 bits per heavy atom. The van der Waals surface area contributed by atoms with Crippen LogP contribution in [0.1, 0.15) is 31.4 Å². The summed E-state index contributed by atoms with van der Waals surface area (Å²) in [5, 5.41) is 0. The van der Waals surface area contributed by atoms with Gasteiger partial charge >= 0.3 is 0 Å². The molecule has 2 rings (SSSR count). The summed E-state index contributed by atoms with van der Waals surface area (Å²) in [5.41, 5.74) is 7.21. The first-order valence-electron chi connectivity index (χ1n) is 4.99. The zero-order valence-electron chi connectivity index (χ0n) is 7.87. The summed E-state index contributed by atoms with van der Waals surface area (Å²) < 4.78 is 0. The third-order valence-corrected chi connectivity index (χ3v) is 3.14. The van der Waals surface area contributed by atoms with Crippen LogP contribution in [0, 0.1) is 0 Å². The number of rotatable bonds is 3. The molecular formula is C11H16N2. The molecule has 1 heterocycles. The lowest BCUT2D eigenvalue weighted by Crippen LogP contribution is -2.37. The molecule has 2 heteroatoms. The lowest BCUT2D eigenvalue weighted by atomic mass is 9.64. The molecule has 1 aliphatic rings. The summed E-state index contributed by atoms with van der Waals surface area (Å²) in [5.74, 6) is 0. The molecule has 2 N–H and O–H groups in total. The molecular weight excluding hydrogens is 160 g/mol. The second-order valence-electron chi connectivity index (χ2n) is 3.89. The number of pyridine rings is 1. The predicted molar refractivity (Wildman–Crippen MR) is 53.4 cm³/mol. The third-order valence-electron chi connectivity index (χ3n) is 3.14. The highest BCUT2D eigenvalue weighted by atomic mass is 14.7. The quantitative estimate of drug-likeness (QED) is 0.763. The molecule has 0 amide bonds. The van der Waals surface area contributed by atoms with Gasteiger partial charge in [-0.3, -0.25) is 4.98 Å². The molecule has 0 spiro atoms. The van der Waals surface area contributed by atoms with Crippen LogP contribution in [0.25, 0.3) is 0 Å². The van der Waals surface area contributed by atoms with Crippen LogP contribution in [0.5, 0.6) is 0 Å². The van der Waals surface area contributed by atoms with E-state index in [1.54, 1.807) is 0 Å². The average molecular weight is 176 g/mol. The minimum absolute atomic E-state index is 0.329. The van der Waals surface area contributed by atoms with Crippen molar-refractivity contribution in [1.29, 1.82) is 0 Å². The van der Waals surface area contributed by atoms with E-state index >= 15 is 0 Å². The summed E-state index contributed by atoms with van der Waals surface area (Å²) in [6, 6.07) is 6.17. The van der Waals surface area contributed by atoms with E-state index in [1.165, 1.54) is 25.0 Å². The summed E-state index contributed by atoms with van der Waals surface area (Å²) in [6.07, 6.45) is 6.83. The highest BCUT2D eigenvalue weighted by molar-refractivity contribution is 5.20. The molecule has 2 nitrogen and oxygen atoms in total. The lowest BCUT2D eigenvalue weighted by Gasteiger charge is -2.41. The Kier molecular flexibility index (Phi) is 2.32. The molecule has 0 radical (unpaired) electrons. The number of aromatic nitrogens is 1. The molecule has 1 aromatic rings. The number of nitrogens with zero attached hydrogens (tertiary/aromatic N) is 1. The maximum atomic E-state index is 5.63. The van der Waals surface area contributed by atoms with Gasteiger partial charge in [0.2, 0.25) is 0 Å². The first-order chi connectivity index (χ1) is 6.37. The van der Waals surface area contributed by atoms with Crippen molar-refractivity contribution in [2.24, 2.45) is 5.73 Å². The Morgan fingerprint density at radius 2 is 2.23 bits per heavy atom. The zero-order chi connectivity index (χ0) is 9.15. The van der Waals surface area contributed by atoms with Crippen LogP contribution in [0.4, 0.5) is 0 Å². The van der Waals surface area contributed by atoms with Gasteiger partial charge in [-0.05, 0) is 37.9 Å². The van der Waals surface area contributed by atoms with Gasteiger partial charge < -0.3 is 5.73 Å². The van der Waals surface area contributed by atoms with Crippen LogP contribution in [-0.4, -0.2) is 11.5 Å². The van der Waals surface area contributed by atoms with Gasteiger partial charge in [0.15, 0.2) is 0 Å². The molecule has 70 valence electrons. The fourth-order valence-electron chi connectivity index (χ4n) is 2.19. The molecule has 0 unspecified atom stereocenters. The minimum Gasteiger partial charge on any atom is -0.330 e. The normalized spacial score (nSPS) is 19.5. The Hall–Kier alpha value is -0.890. The van der Waals surface area contributed by atoms with Crippen LogP contribution >= 0.6 is 0 Å². The molecule has 1 aromatic heterocycles. The lowest BCUT2D eigenvalue weighted by molar-refractivity contribution is 0.222. The first kappa shape index (κ1) is 8.70. The number of hydrogen-bond donors (Lipinski definition) is 1. The average Bonchev–Trinajstić information content (AvgIpc) is 2.13. The van der Waals surface area contributed by atoms with Crippen LogP contribution in [0.2, 0.25) is 0 Å². The molecule has 1 aliphatic carbocycles. The topological polar surface area (TPSA) is 38.9 Å². The molecule has 1 fully saturated rings. The Balaban J connectivity index is 2.22. The largest absolute Gasteiger partial charge is 0.330 e. The Bertz CT molecular complexity index is 265. The van der Waals surface area contributed by atoms with Crippen LogP contribution in [-0.2, 0) is 5.41 Å². The van der Waals surface area contributed by atoms with Crippen molar-refractivity contribution >= 4 is 0 Å². The monoisotopic (exact) mass is 176 g/mol. The predicted octanol–water partition coefficient (Wildman–Crippen LogP) is 1.85. The third kappa shape index (κ3) is 1.46. The van der Waals surface area contributed by atoms with Crippen LogP contribution in [0.15, 0.2) is 24.4 Å². The second kappa shape index (κ2) is 3.46. The summed E-state index contributed by atoms with van der Waals surface area (Å²) in [4.78, 5) is 4.44.